The number of aromatic nitrogens is 2. The van der Waals surface area contributed by atoms with Crippen molar-refractivity contribution in [3.05, 3.63) is 17.5 Å². The molecule has 0 spiro atoms. The number of hydrogen-bond acceptors (Lipinski definition) is 6. The molecule has 0 radical (unpaired) electrons. The first-order valence-electron chi connectivity index (χ1n) is 5.50. The highest BCUT2D eigenvalue weighted by Gasteiger charge is 2.02. The summed E-state index contributed by atoms with van der Waals surface area (Å²) in [7, 11) is 1.63. The van der Waals surface area contributed by atoms with Crippen molar-refractivity contribution < 1.29 is 14.2 Å². The van der Waals surface area contributed by atoms with E-state index >= 15 is 0 Å². The van der Waals surface area contributed by atoms with Crippen LogP contribution in [0.2, 0.25) is 0 Å². The molecule has 0 aliphatic rings. The Morgan fingerprint density at radius 1 is 1.24 bits per heavy atom. The van der Waals surface area contributed by atoms with Crippen molar-refractivity contribution >= 4 is 0 Å². The van der Waals surface area contributed by atoms with Gasteiger partial charge in [0.2, 0.25) is 0 Å². The molecule has 0 unspecified atom stereocenters. The van der Waals surface area contributed by atoms with Gasteiger partial charge >= 0.3 is 6.01 Å². The Morgan fingerprint density at radius 2 is 2.00 bits per heavy atom. The molecule has 1 heterocycles. The molecule has 1 aromatic heterocycles. The molecule has 6 nitrogen and oxygen atoms in total. The highest BCUT2D eigenvalue weighted by Crippen LogP contribution is 2.07. The fourth-order valence-corrected chi connectivity index (χ4v) is 1.18. The highest BCUT2D eigenvalue weighted by atomic mass is 16.5. The van der Waals surface area contributed by atoms with Crippen molar-refractivity contribution in [2.75, 3.05) is 33.5 Å². The fraction of sp³-hybridized carbons (Fsp3) is 0.636. The number of aryl methyl sites for hydroxylation is 1. The van der Waals surface area contributed by atoms with Crippen LogP contribution in [0.4, 0.5) is 0 Å². The Bertz CT molecular complexity index is 334. The zero-order chi connectivity index (χ0) is 12.5. The molecule has 0 aliphatic carbocycles. The van der Waals surface area contributed by atoms with E-state index in [1.165, 1.54) is 0 Å². The molecule has 0 saturated heterocycles. The molecule has 0 fully saturated rings. The van der Waals surface area contributed by atoms with Crippen molar-refractivity contribution in [3.63, 3.8) is 0 Å². The molecule has 0 aliphatic heterocycles. The number of methoxy groups -OCH3 is 1. The van der Waals surface area contributed by atoms with Gasteiger partial charge in [0.05, 0.1) is 19.8 Å². The molecule has 0 aromatic carbocycles. The average molecular weight is 241 g/mol. The summed E-state index contributed by atoms with van der Waals surface area (Å²) in [6, 6.07) is 0.357. The quantitative estimate of drug-likeness (QED) is 0.659. The molecule has 6 heteroatoms. The maximum Gasteiger partial charge on any atom is 0.316 e. The minimum Gasteiger partial charge on any atom is -0.461 e. The van der Waals surface area contributed by atoms with Crippen LogP contribution in [0.25, 0.3) is 0 Å². The second kappa shape index (κ2) is 7.94. The average Bonchev–Trinajstić information content (AvgIpc) is 2.34. The second-order valence-electron chi connectivity index (χ2n) is 3.42. The van der Waals surface area contributed by atoms with Crippen LogP contribution in [0.3, 0.4) is 0 Å². The molecule has 0 saturated carbocycles. The van der Waals surface area contributed by atoms with Gasteiger partial charge < -0.3 is 19.9 Å². The van der Waals surface area contributed by atoms with Gasteiger partial charge in [-0.1, -0.05) is 0 Å². The molecule has 0 amide bonds. The van der Waals surface area contributed by atoms with Crippen molar-refractivity contribution in [3.8, 4) is 6.01 Å². The highest BCUT2D eigenvalue weighted by molar-refractivity contribution is 5.17. The SMILES string of the molecule is COCCOCCOc1ncc(CN)c(C)n1. The van der Waals surface area contributed by atoms with Crippen molar-refractivity contribution in [1.29, 1.82) is 0 Å². The van der Waals surface area contributed by atoms with Crippen molar-refractivity contribution in [1.82, 2.24) is 9.97 Å². The molecular weight excluding hydrogens is 222 g/mol. The first kappa shape index (κ1) is 13.8. The predicted molar refractivity (Wildman–Crippen MR) is 62.9 cm³/mol. The number of nitrogens with zero attached hydrogens (tertiary/aromatic N) is 2. The van der Waals surface area contributed by atoms with Gasteiger partial charge in [-0.2, -0.15) is 0 Å². The summed E-state index contributed by atoms with van der Waals surface area (Å²) in [5.74, 6) is 0. The first-order chi connectivity index (χ1) is 8.27. The third-order valence-corrected chi connectivity index (χ3v) is 2.17. The zero-order valence-electron chi connectivity index (χ0n) is 10.3. The summed E-state index contributed by atoms with van der Waals surface area (Å²) in [6.07, 6.45) is 1.68. The van der Waals surface area contributed by atoms with Gasteiger partial charge in [0, 0.05) is 31.1 Å². The molecule has 17 heavy (non-hydrogen) atoms. The van der Waals surface area contributed by atoms with Crippen molar-refractivity contribution in [2.45, 2.75) is 13.5 Å². The number of ether oxygens (including phenoxy) is 3. The van der Waals surface area contributed by atoms with Crippen LogP contribution in [-0.2, 0) is 16.0 Å². The zero-order valence-corrected chi connectivity index (χ0v) is 10.3. The van der Waals surface area contributed by atoms with E-state index in [1.54, 1.807) is 13.3 Å². The monoisotopic (exact) mass is 241 g/mol. The summed E-state index contributed by atoms with van der Waals surface area (Å²) >= 11 is 0. The normalized spacial score (nSPS) is 10.5. The minimum absolute atomic E-state index is 0.357. The molecule has 96 valence electrons. The second-order valence-corrected chi connectivity index (χ2v) is 3.42. The summed E-state index contributed by atoms with van der Waals surface area (Å²) in [5, 5.41) is 0. The van der Waals surface area contributed by atoms with Gasteiger partial charge in [-0.05, 0) is 6.92 Å². The van der Waals surface area contributed by atoms with E-state index in [9.17, 15) is 0 Å². The van der Waals surface area contributed by atoms with Crippen LogP contribution in [-0.4, -0.2) is 43.5 Å². The summed E-state index contributed by atoms with van der Waals surface area (Å²) < 4.78 is 15.4. The third kappa shape index (κ3) is 5.08. The van der Waals surface area contributed by atoms with E-state index in [4.69, 9.17) is 19.9 Å². The maximum atomic E-state index is 5.52. The van der Waals surface area contributed by atoms with Gasteiger partial charge in [0.25, 0.3) is 0 Å². The van der Waals surface area contributed by atoms with Gasteiger partial charge in [-0.3, -0.25) is 0 Å². The molecule has 0 bridgehead atoms. The van der Waals surface area contributed by atoms with E-state index in [-0.39, 0.29) is 0 Å². The number of hydrogen-bond donors (Lipinski definition) is 1. The summed E-state index contributed by atoms with van der Waals surface area (Å²) in [6.45, 7) is 4.38. The maximum absolute atomic E-state index is 5.52. The van der Waals surface area contributed by atoms with Crippen LogP contribution in [0.1, 0.15) is 11.3 Å². The van der Waals surface area contributed by atoms with E-state index in [0.717, 1.165) is 11.3 Å². The lowest BCUT2D eigenvalue weighted by Gasteiger charge is -2.07. The van der Waals surface area contributed by atoms with Crippen LogP contribution in [0.5, 0.6) is 6.01 Å². The van der Waals surface area contributed by atoms with Crippen LogP contribution >= 0.6 is 0 Å². The molecule has 2 N–H and O–H groups in total. The van der Waals surface area contributed by atoms with E-state index < -0.39 is 0 Å². The van der Waals surface area contributed by atoms with Gasteiger partial charge in [-0.15, -0.1) is 0 Å². The summed E-state index contributed by atoms with van der Waals surface area (Å²) in [5.41, 5.74) is 7.29. The largest absolute Gasteiger partial charge is 0.461 e. The number of nitrogens with two attached hydrogens (primary N) is 1. The lowest BCUT2D eigenvalue weighted by Crippen LogP contribution is -2.12. The van der Waals surface area contributed by atoms with Crippen molar-refractivity contribution in [2.24, 2.45) is 5.73 Å². The number of rotatable bonds is 8. The minimum atomic E-state index is 0.357. The molecule has 1 rings (SSSR count). The first-order valence-corrected chi connectivity index (χ1v) is 5.50. The lowest BCUT2D eigenvalue weighted by molar-refractivity contribution is 0.0528. The van der Waals surface area contributed by atoms with Crippen LogP contribution in [0.15, 0.2) is 6.20 Å². The Labute approximate surface area is 101 Å². The van der Waals surface area contributed by atoms with Gasteiger partial charge in [0.15, 0.2) is 0 Å². The Morgan fingerprint density at radius 3 is 2.65 bits per heavy atom. The standard InChI is InChI=1S/C11H19N3O3/c1-9-10(7-12)8-13-11(14-9)17-6-5-16-4-3-15-2/h8H,3-7,12H2,1-2H3. The predicted octanol–water partition coefficient (Wildman–Crippen LogP) is 0.286. The summed E-state index contributed by atoms with van der Waals surface area (Å²) in [4.78, 5) is 8.24. The van der Waals surface area contributed by atoms with Crippen LogP contribution in [0, 0.1) is 6.92 Å². The van der Waals surface area contributed by atoms with E-state index in [1.807, 2.05) is 6.92 Å². The van der Waals surface area contributed by atoms with Gasteiger partial charge in [-0.25, -0.2) is 9.97 Å². The fourth-order valence-electron chi connectivity index (χ4n) is 1.18. The molecule has 1 aromatic rings. The molecular formula is C11H19N3O3. The Kier molecular flexibility index (Phi) is 6.46. The van der Waals surface area contributed by atoms with E-state index in [2.05, 4.69) is 9.97 Å². The third-order valence-electron chi connectivity index (χ3n) is 2.17. The Hall–Kier alpha value is -1.24. The molecule has 0 atom stereocenters. The Balaban J connectivity index is 2.25. The van der Waals surface area contributed by atoms with E-state index in [0.29, 0.717) is 39.0 Å². The topological polar surface area (TPSA) is 79.5 Å². The lowest BCUT2D eigenvalue weighted by atomic mass is 10.2. The van der Waals surface area contributed by atoms with Gasteiger partial charge in [0.1, 0.15) is 6.61 Å². The smallest absolute Gasteiger partial charge is 0.316 e. The van der Waals surface area contributed by atoms with Crippen LogP contribution < -0.4 is 10.5 Å².